The van der Waals surface area contributed by atoms with Gasteiger partial charge in [-0.1, -0.05) is 19.9 Å². The first kappa shape index (κ1) is 12.1. The van der Waals surface area contributed by atoms with Crippen molar-refractivity contribution < 1.29 is 13.9 Å². The molecule has 1 unspecified atom stereocenters. The van der Waals surface area contributed by atoms with E-state index >= 15 is 0 Å². The lowest BCUT2D eigenvalue weighted by Gasteiger charge is -2.25. The SMILES string of the molecule is CCC(C)(CO)Cc1ccc(F)c(F)c1. The Morgan fingerprint density at radius 1 is 1.27 bits per heavy atom. The van der Waals surface area contributed by atoms with E-state index in [4.69, 9.17) is 0 Å². The summed E-state index contributed by atoms with van der Waals surface area (Å²) < 4.78 is 25.6. The van der Waals surface area contributed by atoms with Crippen LogP contribution >= 0.6 is 0 Å². The van der Waals surface area contributed by atoms with Crippen LogP contribution in [0.2, 0.25) is 0 Å². The Morgan fingerprint density at radius 2 is 1.93 bits per heavy atom. The minimum atomic E-state index is -0.832. The van der Waals surface area contributed by atoms with Crippen molar-refractivity contribution in [3.63, 3.8) is 0 Å². The Hall–Kier alpha value is -0.960. The maximum atomic E-state index is 12.9. The molecule has 15 heavy (non-hydrogen) atoms. The standard InChI is InChI=1S/C12H16F2O/c1-3-12(2,8-15)7-9-4-5-10(13)11(14)6-9/h4-6,15H,3,7-8H2,1-2H3. The zero-order chi connectivity index (χ0) is 11.5. The summed E-state index contributed by atoms with van der Waals surface area (Å²) in [5, 5.41) is 9.20. The molecular weight excluding hydrogens is 198 g/mol. The molecule has 1 aromatic carbocycles. The van der Waals surface area contributed by atoms with E-state index in [1.54, 1.807) is 6.07 Å². The molecule has 0 aliphatic rings. The van der Waals surface area contributed by atoms with Crippen molar-refractivity contribution in [1.29, 1.82) is 0 Å². The van der Waals surface area contributed by atoms with Gasteiger partial charge in [0.05, 0.1) is 0 Å². The normalized spacial score (nSPS) is 15.0. The molecule has 0 bridgehead atoms. The van der Waals surface area contributed by atoms with Crippen LogP contribution in [0.4, 0.5) is 8.78 Å². The topological polar surface area (TPSA) is 20.2 Å². The highest BCUT2D eigenvalue weighted by molar-refractivity contribution is 5.19. The van der Waals surface area contributed by atoms with Crippen LogP contribution in [0.3, 0.4) is 0 Å². The van der Waals surface area contributed by atoms with Crippen LogP contribution in [0.15, 0.2) is 18.2 Å². The molecule has 0 aliphatic carbocycles. The van der Waals surface area contributed by atoms with Crippen molar-refractivity contribution in [3.05, 3.63) is 35.4 Å². The number of hydrogen-bond donors (Lipinski definition) is 1. The predicted octanol–water partition coefficient (Wildman–Crippen LogP) is 2.92. The highest BCUT2D eigenvalue weighted by Crippen LogP contribution is 2.26. The van der Waals surface area contributed by atoms with Crippen molar-refractivity contribution in [3.8, 4) is 0 Å². The average molecular weight is 214 g/mol. The lowest BCUT2D eigenvalue weighted by atomic mass is 9.82. The molecule has 1 N–H and O–H groups in total. The second-order valence-electron chi connectivity index (χ2n) is 4.25. The third kappa shape index (κ3) is 2.99. The minimum Gasteiger partial charge on any atom is -0.396 e. The van der Waals surface area contributed by atoms with Crippen molar-refractivity contribution in [2.24, 2.45) is 5.41 Å². The molecule has 1 aromatic rings. The summed E-state index contributed by atoms with van der Waals surface area (Å²) in [5.74, 6) is -1.66. The molecule has 0 fully saturated rings. The molecule has 1 nitrogen and oxygen atoms in total. The Labute approximate surface area is 88.7 Å². The van der Waals surface area contributed by atoms with Gasteiger partial charge in [-0.25, -0.2) is 8.78 Å². The van der Waals surface area contributed by atoms with Crippen LogP contribution in [0.5, 0.6) is 0 Å². The molecule has 0 amide bonds. The van der Waals surface area contributed by atoms with Crippen molar-refractivity contribution in [2.45, 2.75) is 26.7 Å². The Morgan fingerprint density at radius 3 is 2.40 bits per heavy atom. The molecule has 0 radical (unpaired) electrons. The Kier molecular flexibility index (Phi) is 3.80. The van der Waals surface area contributed by atoms with Crippen molar-refractivity contribution >= 4 is 0 Å². The maximum absolute atomic E-state index is 12.9. The lowest BCUT2D eigenvalue weighted by Crippen LogP contribution is -2.23. The largest absolute Gasteiger partial charge is 0.396 e. The molecular formula is C12H16F2O. The predicted molar refractivity (Wildman–Crippen MR) is 55.5 cm³/mol. The van der Waals surface area contributed by atoms with Gasteiger partial charge in [-0.3, -0.25) is 0 Å². The van der Waals surface area contributed by atoms with Crippen LogP contribution in [0.25, 0.3) is 0 Å². The molecule has 84 valence electrons. The van der Waals surface area contributed by atoms with Gasteiger partial charge in [-0.05, 0) is 36.0 Å². The summed E-state index contributed by atoms with van der Waals surface area (Å²) in [6, 6.07) is 3.87. The van der Waals surface area contributed by atoms with Gasteiger partial charge in [0, 0.05) is 6.61 Å². The average Bonchev–Trinajstić information content (AvgIpc) is 2.23. The van der Waals surface area contributed by atoms with E-state index in [-0.39, 0.29) is 12.0 Å². The van der Waals surface area contributed by atoms with Crippen LogP contribution in [0, 0.1) is 17.0 Å². The molecule has 1 rings (SSSR count). The van der Waals surface area contributed by atoms with Crippen LogP contribution in [-0.2, 0) is 6.42 Å². The fourth-order valence-electron chi connectivity index (χ4n) is 1.44. The van der Waals surface area contributed by atoms with Gasteiger partial charge in [-0.15, -0.1) is 0 Å². The molecule has 0 spiro atoms. The lowest BCUT2D eigenvalue weighted by molar-refractivity contribution is 0.137. The van der Waals surface area contributed by atoms with Gasteiger partial charge in [-0.2, -0.15) is 0 Å². The van der Waals surface area contributed by atoms with Gasteiger partial charge in [0.25, 0.3) is 0 Å². The summed E-state index contributed by atoms with van der Waals surface area (Å²) in [7, 11) is 0. The van der Waals surface area contributed by atoms with Gasteiger partial charge >= 0.3 is 0 Å². The Bertz CT molecular complexity index is 332. The first-order valence-corrected chi connectivity index (χ1v) is 5.05. The van der Waals surface area contributed by atoms with Crippen molar-refractivity contribution in [2.75, 3.05) is 6.61 Å². The molecule has 1 atom stereocenters. The molecule has 3 heteroatoms. The fraction of sp³-hybridized carbons (Fsp3) is 0.500. The van der Waals surface area contributed by atoms with E-state index in [1.165, 1.54) is 6.07 Å². The summed E-state index contributed by atoms with van der Waals surface area (Å²) in [6.45, 7) is 3.94. The van der Waals surface area contributed by atoms with E-state index in [0.29, 0.717) is 12.0 Å². The van der Waals surface area contributed by atoms with E-state index in [2.05, 4.69) is 0 Å². The van der Waals surface area contributed by atoms with E-state index < -0.39 is 11.6 Å². The number of halogens is 2. The highest BCUT2D eigenvalue weighted by Gasteiger charge is 2.21. The number of aliphatic hydroxyl groups excluding tert-OH is 1. The summed E-state index contributed by atoms with van der Waals surface area (Å²) >= 11 is 0. The third-order valence-electron chi connectivity index (χ3n) is 2.85. The monoisotopic (exact) mass is 214 g/mol. The number of benzene rings is 1. The number of hydrogen-bond acceptors (Lipinski definition) is 1. The zero-order valence-electron chi connectivity index (χ0n) is 9.06. The van der Waals surface area contributed by atoms with Gasteiger partial charge < -0.3 is 5.11 Å². The zero-order valence-corrected chi connectivity index (χ0v) is 9.06. The second kappa shape index (κ2) is 4.71. The van der Waals surface area contributed by atoms with Gasteiger partial charge in [0.15, 0.2) is 11.6 Å². The van der Waals surface area contributed by atoms with Gasteiger partial charge in [0.2, 0.25) is 0 Å². The summed E-state index contributed by atoms with van der Waals surface area (Å²) in [4.78, 5) is 0. The second-order valence-corrected chi connectivity index (χ2v) is 4.25. The first-order valence-electron chi connectivity index (χ1n) is 5.05. The first-order chi connectivity index (χ1) is 7.00. The van der Waals surface area contributed by atoms with E-state index in [9.17, 15) is 13.9 Å². The number of rotatable bonds is 4. The molecule has 0 saturated heterocycles. The van der Waals surface area contributed by atoms with E-state index in [0.717, 1.165) is 12.5 Å². The molecule has 0 saturated carbocycles. The Balaban J connectivity index is 2.85. The maximum Gasteiger partial charge on any atom is 0.159 e. The quantitative estimate of drug-likeness (QED) is 0.817. The van der Waals surface area contributed by atoms with Crippen molar-refractivity contribution in [1.82, 2.24) is 0 Å². The summed E-state index contributed by atoms with van der Waals surface area (Å²) in [6.07, 6.45) is 1.35. The summed E-state index contributed by atoms with van der Waals surface area (Å²) in [5.41, 5.74) is 0.455. The number of aliphatic hydroxyl groups is 1. The van der Waals surface area contributed by atoms with Crippen LogP contribution in [0.1, 0.15) is 25.8 Å². The molecule has 0 aliphatic heterocycles. The fourth-order valence-corrected chi connectivity index (χ4v) is 1.44. The van der Waals surface area contributed by atoms with E-state index in [1.807, 2.05) is 13.8 Å². The van der Waals surface area contributed by atoms with Gasteiger partial charge in [0.1, 0.15) is 0 Å². The van der Waals surface area contributed by atoms with Crippen LogP contribution < -0.4 is 0 Å². The molecule has 0 aromatic heterocycles. The highest BCUT2D eigenvalue weighted by atomic mass is 19.2. The minimum absolute atomic E-state index is 0.0441. The smallest absolute Gasteiger partial charge is 0.159 e. The third-order valence-corrected chi connectivity index (χ3v) is 2.85. The van der Waals surface area contributed by atoms with Crippen LogP contribution in [-0.4, -0.2) is 11.7 Å². The molecule has 0 heterocycles.